The second kappa shape index (κ2) is 5.50. The van der Waals surface area contributed by atoms with E-state index in [-0.39, 0.29) is 5.82 Å². The maximum absolute atomic E-state index is 13.8. The highest BCUT2D eigenvalue weighted by Gasteiger charge is 2.18. The quantitative estimate of drug-likeness (QED) is 0.853. The highest BCUT2D eigenvalue weighted by Crippen LogP contribution is 2.30. The van der Waals surface area contributed by atoms with Gasteiger partial charge in [-0.2, -0.15) is 0 Å². The fraction of sp³-hybridized carbons (Fsp3) is 0.571. The molecule has 1 saturated heterocycles. The summed E-state index contributed by atoms with van der Waals surface area (Å²) in [7, 11) is 0. The van der Waals surface area contributed by atoms with E-state index in [2.05, 4.69) is 4.90 Å². The molecule has 1 aromatic carbocycles. The number of hydrogen-bond donors (Lipinski definition) is 1. The van der Waals surface area contributed by atoms with Crippen LogP contribution in [0.5, 0.6) is 0 Å². The summed E-state index contributed by atoms with van der Waals surface area (Å²) in [5.74, 6) is -0.304. The molecule has 0 amide bonds. The molecule has 17 heavy (non-hydrogen) atoms. The van der Waals surface area contributed by atoms with Crippen LogP contribution in [-0.4, -0.2) is 18.2 Å². The van der Waals surface area contributed by atoms with Gasteiger partial charge in [0.25, 0.3) is 0 Å². The molecule has 1 atom stereocenters. The third kappa shape index (κ3) is 2.78. The first-order chi connectivity index (χ1) is 8.20. The Morgan fingerprint density at radius 3 is 2.41 bits per heavy atom. The minimum absolute atomic E-state index is 0.304. The Balaban J connectivity index is 2.32. The highest BCUT2D eigenvalue weighted by molar-refractivity contribution is 5.55. The molecule has 1 aliphatic heterocycles. The lowest BCUT2D eigenvalue weighted by Crippen LogP contribution is -2.25. The average Bonchev–Trinajstić information content (AvgIpc) is 2.56. The maximum atomic E-state index is 13.8. The predicted molar refractivity (Wildman–Crippen MR) is 67.7 cm³/mol. The van der Waals surface area contributed by atoms with Gasteiger partial charge >= 0.3 is 0 Å². The SMILES string of the molecule is C[C@@H](O)c1c(F)cccc1N1CCCCCC1. The maximum Gasteiger partial charge on any atom is 0.131 e. The monoisotopic (exact) mass is 237 g/mol. The normalized spacial score (nSPS) is 18.9. The minimum atomic E-state index is -0.755. The predicted octanol–water partition coefficient (Wildman–Crippen LogP) is 3.26. The van der Waals surface area contributed by atoms with Crippen molar-refractivity contribution in [2.75, 3.05) is 18.0 Å². The largest absolute Gasteiger partial charge is 0.389 e. The van der Waals surface area contributed by atoms with Crippen molar-refractivity contribution < 1.29 is 9.50 Å². The Kier molecular flexibility index (Phi) is 4.00. The van der Waals surface area contributed by atoms with Gasteiger partial charge in [0.05, 0.1) is 6.10 Å². The van der Waals surface area contributed by atoms with Crippen LogP contribution in [-0.2, 0) is 0 Å². The van der Waals surface area contributed by atoms with E-state index >= 15 is 0 Å². The Hall–Kier alpha value is -1.09. The lowest BCUT2D eigenvalue weighted by Gasteiger charge is -2.26. The third-order valence-corrected chi connectivity index (χ3v) is 3.39. The van der Waals surface area contributed by atoms with Gasteiger partial charge in [0.15, 0.2) is 0 Å². The van der Waals surface area contributed by atoms with Crippen molar-refractivity contribution in [3.05, 3.63) is 29.6 Å². The number of hydrogen-bond acceptors (Lipinski definition) is 2. The number of nitrogens with zero attached hydrogens (tertiary/aromatic N) is 1. The zero-order valence-electron chi connectivity index (χ0n) is 10.3. The third-order valence-electron chi connectivity index (χ3n) is 3.39. The average molecular weight is 237 g/mol. The molecule has 0 unspecified atom stereocenters. The van der Waals surface area contributed by atoms with E-state index in [4.69, 9.17) is 0 Å². The molecule has 0 saturated carbocycles. The molecule has 3 heteroatoms. The van der Waals surface area contributed by atoms with Gasteiger partial charge in [-0.25, -0.2) is 4.39 Å². The van der Waals surface area contributed by atoms with Crippen LogP contribution in [0.2, 0.25) is 0 Å². The first-order valence-corrected chi connectivity index (χ1v) is 6.41. The molecule has 94 valence electrons. The fourth-order valence-electron chi connectivity index (χ4n) is 2.53. The molecule has 0 aliphatic carbocycles. The summed E-state index contributed by atoms with van der Waals surface area (Å²) in [6.45, 7) is 3.55. The van der Waals surface area contributed by atoms with Crippen LogP contribution in [0.15, 0.2) is 18.2 Å². The molecule has 1 fully saturated rings. The molecule has 1 aliphatic rings. The van der Waals surface area contributed by atoms with Crippen molar-refractivity contribution in [1.29, 1.82) is 0 Å². The number of aliphatic hydroxyl groups excluding tert-OH is 1. The number of rotatable bonds is 2. The van der Waals surface area contributed by atoms with E-state index in [1.54, 1.807) is 13.0 Å². The summed E-state index contributed by atoms with van der Waals surface area (Å²) in [5, 5.41) is 9.72. The zero-order valence-corrected chi connectivity index (χ0v) is 10.3. The van der Waals surface area contributed by atoms with Crippen LogP contribution in [0.1, 0.15) is 44.3 Å². The number of anilines is 1. The van der Waals surface area contributed by atoms with Crippen molar-refractivity contribution >= 4 is 5.69 Å². The van der Waals surface area contributed by atoms with Gasteiger partial charge in [-0.15, -0.1) is 0 Å². The molecule has 0 spiro atoms. The summed E-state index contributed by atoms with van der Waals surface area (Å²) < 4.78 is 13.8. The number of halogens is 1. The van der Waals surface area contributed by atoms with Crippen molar-refractivity contribution in [1.82, 2.24) is 0 Å². The van der Waals surface area contributed by atoms with Crippen LogP contribution in [0.3, 0.4) is 0 Å². The highest BCUT2D eigenvalue weighted by atomic mass is 19.1. The molecule has 2 rings (SSSR count). The van der Waals surface area contributed by atoms with Crippen LogP contribution in [0.25, 0.3) is 0 Å². The van der Waals surface area contributed by atoms with Gasteiger partial charge < -0.3 is 10.0 Å². The summed E-state index contributed by atoms with van der Waals surface area (Å²) in [6.07, 6.45) is 4.03. The molecule has 0 aromatic heterocycles. The van der Waals surface area contributed by atoms with Crippen LogP contribution in [0.4, 0.5) is 10.1 Å². The Bertz CT molecular complexity index is 370. The van der Waals surface area contributed by atoms with E-state index in [9.17, 15) is 9.50 Å². The molecule has 0 radical (unpaired) electrons. The Labute approximate surface area is 102 Å². The van der Waals surface area contributed by atoms with Crippen LogP contribution >= 0.6 is 0 Å². The first-order valence-electron chi connectivity index (χ1n) is 6.41. The lowest BCUT2D eigenvalue weighted by atomic mass is 10.1. The van der Waals surface area contributed by atoms with E-state index in [1.165, 1.54) is 18.9 Å². The fourth-order valence-corrected chi connectivity index (χ4v) is 2.53. The number of benzene rings is 1. The molecular formula is C14H20FNO. The van der Waals surface area contributed by atoms with E-state index < -0.39 is 6.10 Å². The van der Waals surface area contributed by atoms with Crippen molar-refractivity contribution in [2.24, 2.45) is 0 Å². The minimum Gasteiger partial charge on any atom is -0.389 e. The molecule has 1 heterocycles. The van der Waals surface area contributed by atoms with Gasteiger partial charge in [-0.05, 0) is 31.9 Å². The Morgan fingerprint density at radius 2 is 1.82 bits per heavy atom. The van der Waals surface area contributed by atoms with Gasteiger partial charge in [0.2, 0.25) is 0 Å². The molecule has 2 nitrogen and oxygen atoms in total. The zero-order chi connectivity index (χ0) is 12.3. The van der Waals surface area contributed by atoms with Crippen molar-refractivity contribution in [3.8, 4) is 0 Å². The summed E-state index contributed by atoms with van der Waals surface area (Å²) in [5.41, 5.74) is 1.30. The molecule has 0 bridgehead atoms. The van der Waals surface area contributed by atoms with Gasteiger partial charge in [0, 0.05) is 24.3 Å². The summed E-state index contributed by atoms with van der Waals surface area (Å²) in [6, 6.07) is 5.06. The summed E-state index contributed by atoms with van der Waals surface area (Å²) in [4.78, 5) is 2.21. The lowest BCUT2D eigenvalue weighted by molar-refractivity contribution is 0.194. The van der Waals surface area contributed by atoms with Gasteiger partial charge in [-0.3, -0.25) is 0 Å². The second-order valence-corrected chi connectivity index (χ2v) is 4.75. The standard InChI is InChI=1S/C14H20FNO/c1-11(17)14-12(15)7-6-8-13(14)16-9-4-2-3-5-10-16/h6-8,11,17H,2-5,9-10H2,1H3/t11-/m1/s1. The van der Waals surface area contributed by atoms with Crippen LogP contribution in [0, 0.1) is 5.82 Å². The van der Waals surface area contributed by atoms with Crippen LogP contribution < -0.4 is 4.90 Å². The molecule has 1 aromatic rings. The molecule has 1 N–H and O–H groups in total. The van der Waals surface area contributed by atoms with E-state index in [0.29, 0.717) is 5.56 Å². The smallest absolute Gasteiger partial charge is 0.131 e. The summed E-state index contributed by atoms with van der Waals surface area (Å²) >= 11 is 0. The van der Waals surface area contributed by atoms with Crippen molar-refractivity contribution in [3.63, 3.8) is 0 Å². The topological polar surface area (TPSA) is 23.5 Å². The second-order valence-electron chi connectivity index (χ2n) is 4.75. The van der Waals surface area contributed by atoms with E-state index in [1.807, 2.05) is 6.07 Å². The van der Waals surface area contributed by atoms with Gasteiger partial charge in [0.1, 0.15) is 5.82 Å². The van der Waals surface area contributed by atoms with Gasteiger partial charge in [-0.1, -0.05) is 18.9 Å². The van der Waals surface area contributed by atoms with E-state index in [0.717, 1.165) is 31.6 Å². The Morgan fingerprint density at radius 1 is 1.18 bits per heavy atom. The van der Waals surface area contributed by atoms with Crippen molar-refractivity contribution in [2.45, 2.75) is 38.7 Å². The molecular weight excluding hydrogens is 217 g/mol. The number of aliphatic hydroxyl groups is 1. The first kappa shape index (κ1) is 12.4.